The number of piperidine rings is 1. The second kappa shape index (κ2) is 10.5. The molecule has 10 heteroatoms. The minimum absolute atomic E-state index is 0.0773. The lowest BCUT2D eigenvalue weighted by molar-refractivity contribution is -0.135. The Hall–Kier alpha value is -3.79. The largest absolute Gasteiger partial charge is 0.497 e. The maximum atomic E-state index is 14.1. The van der Waals surface area contributed by atoms with Gasteiger partial charge in [-0.15, -0.1) is 0 Å². The Kier molecular flexibility index (Phi) is 7.16. The number of nitrogens with one attached hydrogen (secondary N) is 2. The highest BCUT2D eigenvalue weighted by Gasteiger charge is 2.57. The van der Waals surface area contributed by atoms with Gasteiger partial charge in [0, 0.05) is 19.6 Å². The van der Waals surface area contributed by atoms with Crippen LogP contribution in [0, 0.1) is 0 Å². The van der Waals surface area contributed by atoms with Gasteiger partial charge >= 0.3 is 12.1 Å². The van der Waals surface area contributed by atoms with Gasteiger partial charge in [0.1, 0.15) is 17.5 Å². The molecular weight excluding hydrogens is 486 g/mol. The van der Waals surface area contributed by atoms with Crippen LogP contribution in [0.15, 0.2) is 48.5 Å². The fraction of sp³-hybridized carbons (Fsp3) is 0.464. The van der Waals surface area contributed by atoms with Crippen molar-refractivity contribution in [1.82, 2.24) is 25.6 Å². The molecule has 10 nitrogen and oxygen atoms in total. The number of amides is 4. The number of likely N-dealkylation sites (tertiary alicyclic amines) is 1. The minimum atomic E-state index is -1.33. The van der Waals surface area contributed by atoms with Crippen molar-refractivity contribution in [2.24, 2.45) is 0 Å². The van der Waals surface area contributed by atoms with E-state index in [2.05, 4.69) is 34.6 Å². The predicted octanol–water partition coefficient (Wildman–Crippen LogP) is 3.31. The Bertz CT molecular complexity index is 1170. The number of nitrogens with zero attached hydrogens (tertiary/aromatic N) is 3. The molecule has 1 spiro atoms. The third-order valence-corrected chi connectivity index (χ3v) is 8.23. The molecule has 2 aromatic rings. The Labute approximate surface area is 222 Å². The second-order valence-electron chi connectivity index (χ2n) is 10.4. The van der Waals surface area contributed by atoms with Crippen molar-refractivity contribution in [3.8, 4) is 5.75 Å². The van der Waals surface area contributed by atoms with Gasteiger partial charge < -0.3 is 19.6 Å². The van der Waals surface area contributed by atoms with Crippen molar-refractivity contribution < 1.29 is 24.2 Å². The highest BCUT2D eigenvalue weighted by Crippen LogP contribution is 2.46. The Morgan fingerprint density at radius 1 is 1.00 bits per heavy atom. The van der Waals surface area contributed by atoms with Gasteiger partial charge in [0.2, 0.25) is 5.91 Å². The Balaban J connectivity index is 1.36. The molecule has 1 unspecified atom stereocenters. The van der Waals surface area contributed by atoms with Crippen molar-refractivity contribution in [2.75, 3.05) is 33.8 Å². The molecule has 2 aliphatic heterocycles. The van der Waals surface area contributed by atoms with Gasteiger partial charge in [0.25, 0.3) is 0 Å². The molecule has 38 heavy (non-hydrogen) atoms. The number of benzene rings is 2. The topological polar surface area (TPSA) is 114 Å². The van der Waals surface area contributed by atoms with Crippen LogP contribution >= 0.6 is 0 Å². The summed E-state index contributed by atoms with van der Waals surface area (Å²) in [4.78, 5) is 43.0. The Morgan fingerprint density at radius 3 is 2.21 bits per heavy atom. The molecule has 1 aliphatic carbocycles. The number of carboxylic acid groups (broad SMARTS) is 1. The zero-order valence-electron chi connectivity index (χ0n) is 21.9. The number of carbonyl (C=O) groups is 3. The van der Waals surface area contributed by atoms with Gasteiger partial charge in [-0.25, -0.2) is 20.4 Å². The van der Waals surface area contributed by atoms with E-state index >= 15 is 0 Å². The van der Waals surface area contributed by atoms with Crippen LogP contribution in [0.5, 0.6) is 5.75 Å². The lowest BCUT2D eigenvalue weighted by Crippen LogP contribution is -2.58. The number of hydrogen-bond acceptors (Lipinski definition) is 5. The van der Waals surface area contributed by atoms with Crippen molar-refractivity contribution >= 4 is 18.0 Å². The summed E-state index contributed by atoms with van der Waals surface area (Å²) < 4.78 is 5.27. The number of urea groups is 1. The van der Waals surface area contributed by atoms with Crippen LogP contribution in [0.4, 0.5) is 9.59 Å². The molecule has 2 aromatic carbocycles. The van der Waals surface area contributed by atoms with Gasteiger partial charge in [-0.3, -0.25) is 9.69 Å². The van der Waals surface area contributed by atoms with Crippen molar-refractivity contribution in [1.29, 1.82) is 0 Å². The third-order valence-electron chi connectivity index (χ3n) is 8.23. The normalized spacial score (nSPS) is 21.0. The van der Waals surface area contributed by atoms with Crippen LogP contribution < -0.4 is 15.6 Å². The van der Waals surface area contributed by atoms with Crippen molar-refractivity contribution in [2.45, 2.75) is 49.7 Å². The van der Waals surface area contributed by atoms with Gasteiger partial charge in [-0.05, 0) is 73.9 Å². The van der Waals surface area contributed by atoms with E-state index in [-0.39, 0.29) is 12.1 Å². The number of methoxy groups -OCH3 is 1. The first-order chi connectivity index (χ1) is 18.3. The van der Waals surface area contributed by atoms with E-state index in [0.29, 0.717) is 44.8 Å². The maximum absolute atomic E-state index is 14.1. The summed E-state index contributed by atoms with van der Waals surface area (Å²) in [6.45, 7) is 1.27. The summed E-state index contributed by atoms with van der Waals surface area (Å²) in [6, 6.07) is 16.1. The first kappa shape index (κ1) is 25.8. The highest BCUT2D eigenvalue weighted by molar-refractivity contribution is 5.89. The SMILES string of the molecule is COc1ccc(CCN2C(=O)C3(CCN(C(=O)NNC(=O)O)CC3)N(C)C2c2ccc(C3CC3)cc2)cc1. The number of carbonyl (C=O) groups excluding carboxylic acids is 2. The monoisotopic (exact) mass is 521 g/mol. The first-order valence-corrected chi connectivity index (χ1v) is 13.1. The van der Waals surface area contributed by atoms with Gasteiger partial charge in [-0.1, -0.05) is 36.4 Å². The quantitative estimate of drug-likeness (QED) is 0.503. The average Bonchev–Trinajstić information content (AvgIpc) is 3.77. The maximum Gasteiger partial charge on any atom is 0.423 e. The molecule has 4 amide bonds. The molecule has 202 valence electrons. The summed E-state index contributed by atoms with van der Waals surface area (Å²) in [5.41, 5.74) is 6.92. The van der Waals surface area contributed by atoms with E-state index in [1.54, 1.807) is 12.0 Å². The number of rotatable bonds is 6. The van der Waals surface area contributed by atoms with Crippen LogP contribution in [0.3, 0.4) is 0 Å². The summed E-state index contributed by atoms with van der Waals surface area (Å²) in [7, 11) is 3.65. The predicted molar refractivity (Wildman–Crippen MR) is 141 cm³/mol. The number of likely N-dealkylation sites (N-methyl/N-ethyl adjacent to an activating group) is 1. The van der Waals surface area contributed by atoms with Gasteiger partial charge in [0.05, 0.1) is 7.11 Å². The zero-order valence-corrected chi connectivity index (χ0v) is 21.9. The molecule has 0 radical (unpaired) electrons. The number of hydrazine groups is 1. The minimum Gasteiger partial charge on any atom is -0.497 e. The molecule has 0 aromatic heterocycles. The van der Waals surface area contributed by atoms with Gasteiger partial charge in [0.15, 0.2) is 0 Å². The second-order valence-corrected chi connectivity index (χ2v) is 10.4. The molecule has 1 atom stereocenters. The highest BCUT2D eigenvalue weighted by atomic mass is 16.5. The van der Waals surface area contributed by atoms with Crippen LogP contribution in [-0.4, -0.2) is 77.2 Å². The summed E-state index contributed by atoms with van der Waals surface area (Å²) >= 11 is 0. The van der Waals surface area contributed by atoms with E-state index in [4.69, 9.17) is 9.84 Å². The lowest BCUT2D eigenvalue weighted by atomic mass is 9.86. The lowest BCUT2D eigenvalue weighted by Gasteiger charge is -2.42. The fourth-order valence-electron chi connectivity index (χ4n) is 5.83. The van der Waals surface area contributed by atoms with E-state index in [1.165, 1.54) is 18.4 Å². The first-order valence-electron chi connectivity index (χ1n) is 13.1. The summed E-state index contributed by atoms with van der Waals surface area (Å²) in [6.07, 6.45) is 2.60. The fourth-order valence-corrected chi connectivity index (χ4v) is 5.83. The molecule has 2 heterocycles. The molecule has 3 aliphatic rings. The van der Waals surface area contributed by atoms with Crippen LogP contribution in [0.1, 0.15) is 54.5 Å². The molecule has 3 N–H and O–H groups in total. The number of ether oxygens (including phenoxy) is 1. The van der Waals surface area contributed by atoms with E-state index < -0.39 is 17.7 Å². The molecule has 5 rings (SSSR count). The molecule has 1 saturated carbocycles. The Morgan fingerprint density at radius 2 is 1.63 bits per heavy atom. The van der Waals surface area contributed by atoms with Gasteiger partial charge in [-0.2, -0.15) is 0 Å². The van der Waals surface area contributed by atoms with Crippen molar-refractivity contribution in [3.63, 3.8) is 0 Å². The average molecular weight is 522 g/mol. The standard InChI is InChI=1S/C28H35N5O5/c1-31-24(22-9-7-21(8-10-22)20-5-6-20)33(16-13-19-3-11-23(38-2)12-4-19)25(34)28(31)14-17-32(18-15-28)26(35)29-30-27(36)37/h3-4,7-12,20,24,30H,5-6,13-18H2,1-2H3,(H,29,35)(H,36,37). The van der Waals surface area contributed by atoms with E-state index in [9.17, 15) is 14.4 Å². The molecule has 0 bridgehead atoms. The van der Waals surface area contributed by atoms with Crippen LogP contribution in [0.2, 0.25) is 0 Å². The summed E-state index contributed by atoms with van der Waals surface area (Å²) in [5.74, 6) is 1.54. The van der Waals surface area contributed by atoms with Crippen molar-refractivity contribution in [3.05, 3.63) is 65.2 Å². The van der Waals surface area contributed by atoms with E-state index in [1.807, 2.05) is 41.6 Å². The van der Waals surface area contributed by atoms with E-state index in [0.717, 1.165) is 16.9 Å². The van der Waals surface area contributed by atoms with Crippen LogP contribution in [0.25, 0.3) is 0 Å². The number of hydrogen-bond donors (Lipinski definition) is 3. The zero-order chi connectivity index (χ0) is 26.9. The van der Waals surface area contributed by atoms with Crippen LogP contribution in [-0.2, 0) is 11.2 Å². The molecule has 2 saturated heterocycles. The third kappa shape index (κ3) is 5.00. The smallest absolute Gasteiger partial charge is 0.423 e. The molecule has 3 fully saturated rings. The summed E-state index contributed by atoms with van der Waals surface area (Å²) in [5, 5.41) is 8.77. The molecular formula is C28H35N5O5.